The molecule has 0 bridgehead atoms. The summed E-state index contributed by atoms with van der Waals surface area (Å²) < 4.78 is 10.9. The highest BCUT2D eigenvalue weighted by Crippen LogP contribution is 2.28. The van der Waals surface area contributed by atoms with Crippen molar-refractivity contribution in [3.63, 3.8) is 0 Å². The van der Waals surface area contributed by atoms with Gasteiger partial charge in [-0.3, -0.25) is 0 Å². The van der Waals surface area contributed by atoms with E-state index in [1.165, 1.54) is 11.1 Å². The van der Waals surface area contributed by atoms with Crippen LogP contribution in [0.3, 0.4) is 0 Å². The summed E-state index contributed by atoms with van der Waals surface area (Å²) in [7, 11) is 0. The topological polar surface area (TPSA) is 38.7 Å². The van der Waals surface area contributed by atoms with Crippen LogP contribution in [-0.2, 0) is 4.74 Å². The van der Waals surface area contributed by atoms with Gasteiger partial charge in [-0.2, -0.15) is 0 Å². The molecule has 0 unspecified atom stereocenters. The molecule has 0 amide bonds. The minimum absolute atomic E-state index is 0.123. The molecule has 16 heavy (non-hydrogen) atoms. The van der Waals surface area contributed by atoms with Crippen LogP contribution in [-0.4, -0.2) is 31.5 Å². The Hall–Kier alpha value is -1.06. The molecular weight excluding hydrogens is 204 g/mol. The Morgan fingerprint density at radius 3 is 2.31 bits per heavy atom. The molecule has 1 fully saturated rings. The Bertz CT molecular complexity index is 344. The van der Waals surface area contributed by atoms with E-state index in [-0.39, 0.29) is 12.0 Å². The molecule has 0 saturated carbocycles. The number of hydrogen-bond acceptors (Lipinski definition) is 3. The van der Waals surface area contributed by atoms with E-state index in [0.717, 1.165) is 5.75 Å². The fraction of sp³-hybridized carbons (Fsp3) is 0.538. The maximum Gasteiger partial charge on any atom is 0.119 e. The van der Waals surface area contributed by atoms with Crippen molar-refractivity contribution in [3.05, 3.63) is 29.3 Å². The van der Waals surface area contributed by atoms with E-state index in [1.54, 1.807) is 0 Å². The normalized spacial score (nSPS) is 17.9. The zero-order valence-electron chi connectivity index (χ0n) is 9.82. The van der Waals surface area contributed by atoms with Gasteiger partial charge < -0.3 is 14.6 Å². The second-order valence-electron chi connectivity index (χ2n) is 4.76. The fourth-order valence-electron chi connectivity index (χ4n) is 1.86. The Kier molecular flexibility index (Phi) is 3.17. The Labute approximate surface area is 96.0 Å². The van der Waals surface area contributed by atoms with Gasteiger partial charge in [0.15, 0.2) is 0 Å². The molecule has 3 nitrogen and oxygen atoms in total. The van der Waals surface area contributed by atoms with Crippen molar-refractivity contribution < 1.29 is 14.6 Å². The summed E-state index contributed by atoms with van der Waals surface area (Å²) in [6.45, 7) is 5.93. The average molecular weight is 222 g/mol. The van der Waals surface area contributed by atoms with E-state index in [0.29, 0.717) is 19.8 Å². The van der Waals surface area contributed by atoms with Crippen LogP contribution in [0.4, 0.5) is 0 Å². The van der Waals surface area contributed by atoms with Crippen LogP contribution in [0.25, 0.3) is 0 Å². The zero-order chi connectivity index (χ0) is 11.6. The van der Waals surface area contributed by atoms with E-state index in [1.807, 2.05) is 26.0 Å². The van der Waals surface area contributed by atoms with E-state index >= 15 is 0 Å². The zero-order valence-corrected chi connectivity index (χ0v) is 9.82. The first kappa shape index (κ1) is 11.4. The van der Waals surface area contributed by atoms with Gasteiger partial charge in [-0.25, -0.2) is 0 Å². The molecule has 1 saturated heterocycles. The number of aliphatic hydroxyl groups is 1. The summed E-state index contributed by atoms with van der Waals surface area (Å²) in [5.74, 6) is 0.872. The van der Waals surface area contributed by atoms with Gasteiger partial charge >= 0.3 is 0 Å². The van der Waals surface area contributed by atoms with Crippen molar-refractivity contribution >= 4 is 0 Å². The molecule has 1 aromatic carbocycles. The van der Waals surface area contributed by atoms with Gasteiger partial charge in [-0.05, 0) is 37.1 Å². The maximum atomic E-state index is 9.26. The molecule has 2 rings (SSSR count). The van der Waals surface area contributed by atoms with E-state index in [9.17, 15) is 5.11 Å². The fourth-order valence-corrected chi connectivity index (χ4v) is 1.86. The first-order valence-electron chi connectivity index (χ1n) is 5.53. The summed E-state index contributed by atoms with van der Waals surface area (Å²) in [6.07, 6.45) is 0. The minimum Gasteiger partial charge on any atom is -0.493 e. The van der Waals surface area contributed by atoms with Crippen LogP contribution >= 0.6 is 0 Å². The lowest BCUT2D eigenvalue weighted by molar-refractivity contribution is -0.153. The lowest BCUT2D eigenvalue weighted by Gasteiger charge is -2.39. The molecule has 0 aromatic heterocycles. The van der Waals surface area contributed by atoms with E-state index < -0.39 is 0 Å². The van der Waals surface area contributed by atoms with Crippen LogP contribution in [0.5, 0.6) is 5.75 Å². The summed E-state index contributed by atoms with van der Waals surface area (Å²) in [5, 5.41) is 9.26. The van der Waals surface area contributed by atoms with Crippen LogP contribution in [0.2, 0.25) is 0 Å². The molecule has 0 atom stereocenters. The highest BCUT2D eigenvalue weighted by atomic mass is 16.5. The van der Waals surface area contributed by atoms with Gasteiger partial charge in [0.1, 0.15) is 12.4 Å². The van der Waals surface area contributed by atoms with Crippen molar-refractivity contribution in [3.8, 4) is 5.75 Å². The summed E-state index contributed by atoms with van der Waals surface area (Å²) in [4.78, 5) is 0. The lowest BCUT2D eigenvalue weighted by atomic mass is 9.88. The third-order valence-electron chi connectivity index (χ3n) is 2.89. The van der Waals surface area contributed by atoms with Crippen molar-refractivity contribution in [1.82, 2.24) is 0 Å². The molecule has 88 valence electrons. The van der Waals surface area contributed by atoms with E-state index in [2.05, 4.69) is 6.07 Å². The molecule has 1 aliphatic rings. The quantitative estimate of drug-likeness (QED) is 0.842. The maximum absolute atomic E-state index is 9.26. The molecule has 1 aromatic rings. The Balaban J connectivity index is 1.98. The number of hydrogen-bond donors (Lipinski definition) is 1. The number of aryl methyl sites for hydroxylation is 2. The first-order chi connectivity index (χ1) is 7.63. The minimum atomic E-state index is -0.183. The number of rotatable bonds is 4. The highest BCUT2D eigenvalue weighted by molar-refractivity contribution is 5.33. The van der Waals surface area contributed by atoms with Gasteiger partial charge in [-0.15, -0.1) is 0 Å². The third-order valence-corrected chi connectivity index (χ3v) is 2.89. The predicted molar refractivity (Wildman–Crippen MR) is 61.7 cm³/mol. The largest absolute Gasteiger partial charge is 0.493 e. The third kappa shape index (κ3) is 2.36. The van der Waals surface area contributed by atoms with Gasteiger partial charge in [0.05, 0.1) is 25.2 Å². The van der Waals surface area contributed by atoms with Crippen LogP contribution < -0.4 is 4.74 Å². The molecule has 0 spiro atoms. The molecule has 3 heteroatoms. The number of ether oxygens (including phenoxy) is 2. The van der Waals surface area contributed by atoms with Crippen molar-refractivity contribution in [2.24, 2.45) is 5.41 Å². The van der Waals surface area contributed by atoms with Gasteiger partial charge in [0.25, 0.3) is 0 Å². The van der Waals surface area contributed by atoms with Crippen molar-refractivity contribution in [1.29, 1.82) is 0 Å². The van der Waals surface area contributed by atoms with Crippen molar-refractivity contribution in [2.45, 2.75) is 13.8 Å². The molecule has 1 N–H and O–H groups in total. The van der Waals surface area contributed by atoms with Crippen LogP contribution in [0.1, 0.15) is 11.1 Å². The first-order valence-corrected chi connectivity index (χ1v) is 5.53. The molecule has 0 aliphatic carbocycles. The molecule has 1 aliphatic heterocycles. The molecular formula is C13H18O3. The standard InChI is InChI=1S/C13H18O3/c1-10-3-11(2)5-12(4-10)16-9-13(6-14)7-15-8-13/h3-5,14H,6-9H2,1-2H3. The van der Waals surface area contributed by atoms with E-state index in [4.69, 9.17) is 9.47 Å². The average Bonchev–Trinajstić information content (AvgIpc) is 2.15. The second kappa shape index (κ2) is 4.44. The Morgan fingerprint density at radius 1 is 1.25 bits per heavy atom. The lowest BCUT2D eigenvalue weighted by Crippen LogP contribution is -2.49. The summed E-state index contributed by atoms with van der Waals surface area (Å²) in [5.41, 5.74) is 2.20. The SMILES string of the molecule is Cc1cc(C)cc(OCC2(CO)COC2)c1. The highest BCUT2D eigenvalue weighted by Gasteiger charge is 2.39. The van der Waals surface area contributed by atoms with Crippen molar-refractivity contribution in [2.75, 3.05) is 26.4 Å². The number of benzene rings is 1. The van der Waals surface area contributed by atoms with Crippen LogP contribution in [0.15, 0.2) is 18.2 Å². The molecule has 0 radical (unpaired) electrons. The summed E-state index contributed by atoms with van der Waals surface area (Å²) >= 11 is 0. The summed E-state index contributed by atoms with van der Waals surface area (Å²) in [6, 6.07) is 6.14. The van der Waals surface area contributed by atoms with Crippen LogP contribution in [0, 0.1) is 19.3 Å². The molecule has 1 heterocycles. The van der Waals surface area contributed by atoms with Gasteiger partial charge in [0.2, 0.25) is 0 Å². The van der Waals surface area contributed by atoms with Gasteiger partial charge in [0, 0.05) is 0 Å². The second-order valence-corrected chi connectivity index (χ2v) is 4.76. The predicted octanol–water partition coefficient (Wildman–Crippen LogP) is 1.69. The smallest absolute Gasteiger partial charge is 0.119 e. The number of aliphatic hydroxyl groups excluding tert-OH is 1. The Morgan fingerprint density at radius 2 is 1.88 bits per heavy atom. The monoisotopic (exact) mass is 222 g/mol. The van der Waals surface area contributed by atoms with Gasteiger partial charge in [-0.1, -0.05) is 6.07 Å².